The van der Waals surface area contributed by atoms with Crippen molar-refractivity contribution in [1.82, 2.24) is 15.5 Å². The minimum atomic E-state index is -0.0508. The molecule has 35 heavy (non-hydrogen) atoms. The Labute approximate surface area is 210 Å². The molecular weight excluding hydrogens is 446 g/mol. The summed E-state index contributed by atoms with van der Waals surface area (Å²) in [5.41, 5.74) is 0.603. The number of piperidine rings is 1. The second-order valence-electron chi connectivity index (χ2n) is 10.2. The first-order valence-electron chi connectivity index (χ1n) is 13.0. The van der Waals surface area contributed by atoms with Crippen molar-refractivity contribution >= 4 is 11.8 Å². The molecule has 8 heteroatoms. The zero-order chi connectivity index (χ0) is 25.2. The molecule has 2 aliphatic rings. The number of hydrogen-bond donors (Lipinski definition) is 2. The summed E-state index contributed by atoms with van der Waals surface area (Å²) in [7, 11) is 3.26. The normalized spacial score (nSPS) is 19.9. The number of methoxy groups -OCH3 is 2. The monoisotopic (exact) mass is 489 g/mol. The molecule has 0 unspecified atom stereocenters. The molecule has 196 valence electrons. The van der Waals surface area contributed by atoms with Crippen LogP contribution in [-0.4, -0.2) is 76.4 Å². The van der Waals surface area contributed by atoms with Gasteiger partial charge in [0.15, 0.2) is 11.5 Å². The quantitative estimate of drug-likeness (QED) is 0.391. The Hall–Kier alpha value is -2.32. The number of benzene rings is 1. The second-order valence-corrected chi connectivity index (χ2v) is 10.2. The van der Waals surface area contributed by atoms with Gasteiger partial charge in [0.25, 0.3) is 5.91 Å². The van der Waals surface area contributed by atoms with Gasteiger partial charge in [0, 0.05) is 51.4 Å². The van der Waals surface area contributed by atoms with Crippen LogP contribution in [0.5, 0.6) is 11.5 Å². The third-order valence-electron chi connectivity index (χ3n) is 6.70. The van der Waals surface area contributed by atoms with E-state index < -0.39 is 0 Å². The summed E-state index contributed by atoms with van der Waals surface area (Å²) in [5, 5.41) is 6.51. The molecule has 2 N–H and O–H groups in total. The Morgan fingerprint density at radius 1 is 1.14 bits per heavy atom. The molecule has 0 aromatic heterocycles. The van der Waals surface area contributed by atoms with Gasteiger partial charge in [-0.25, -0.2) is 0 Å². The molecule has 1 aliphatic carbocycles. The number of amides is 2. The number of nitrogens with zero attached hydrogens (tertiary/aromatic N) is 1. The van der Waals surface area contributed by atoms with Crippen molar-refractivity contribution in [3.63, 3.8) is 0 Å². The Morgan fingerprint density at radius 2 is 1.94 bits per heavy atom. The maximum absolute atomic E-state index is 13.6. The molecule has 1 aromatic rings. The van der Waals surface area contributed by atoms with Gasteiger partial charge < -0.3 is 29.7 Å². The fourth-order valence-electron chi connectivity index (χ4n) is 4.53. The molecule has 1 saturated heterocycles. The Kier molecular flexibility index (Phi) is 10.7. The summed E-state index contributed by atoms with van der Waals surface area (Å²) >= 11 is 0. The average Bonchev–Trinajstić information content (AvgIpc) is 3.70. The molecule has 1 aliphatic heterocycles. The van der Waals surface area contributed by atoms with E-state index in [1.54, 1.807) is 26.4 Å². The summed E-state index contributed by atoms with van der Waals surface area (Å²) in [5.74, 6) is 2.09. The van der Waals surface area contributed by atoms with Crippen LogP contribution in [0.15, 0.2) is 18.2 Å². The van der Waals surface area contributed by atoms with Gasteiger partial charge in [0.2, 0.25) is 5.91 Å². The zero-order valence-electron chi connectivity index (χ0n) is 21.8. The van der Waals surface area contributed by atoms with E-state index in [1.165, 1.54) is 0 Å². The molecule has 1 heterocycles. The van der Waals surface area contributed by atoms with E-state index in [0.717, 1.165) is 45.2 Å². The molecule has 3 rings (SSSR count). The lowest BCUT2D eigenvalue weighted by Crippen LogP contribution is -2.48. The number of carbonyl (C=O) groups is 2. The second kappa shape index (κ2) is 13.7. The van der Waals surface area contributed by atoms with Crippen molar-refractivity contribution in [2.45, 2.75) is 52.0 Å². The average molecular weight is 490 g/mol. The molecule has 0 bridgehead atoms. The van der Waals surface area contributed by atoms with Crippen LogP contribution in [-0.2, 0) is 9.53 Å². The van der Waals surface area contributed by atoms with Gasteiger partial charge in [-0.2, -0.15) is 0 Å². The maximum atomic E-state index is 13.6. The first-order chi connectivity index (χ1) is 16.9. The first kappa shape index (κ1) is 27.3. The van der Waals surface area contributed by atoms with Crippen LogP contribution in [0, 0.1) is 17.8 Å². The van der Waals surface area contributed by atoms with Crippen molar-refractivity contribution in [3.8, 4) is 11.5 Å². The summed E-state index contributed by atoms with van der Waals surface area (Å²) in [4.78, 5) is 28.2. The van der Waals surface area contributed by atoms with Crippen LogP contribution in [0.2, 0.25) is 0 Å². The van der Waals surface area contributed by atoms with Crippen LogP contribution in [0.3, 0.4) is 0 Å². The molecule has 0 spiro atoms. The maximum Gasteiger partial charge on any atom is 0.254 e. The number of carbonyl (C=O) groups excluding carboxylic acids is 2. The number of hydrogen-bond acceptors (Lipinski definition) is 6. The number of ether oxygens (including phenoxy) is 3. The van der Waals surface area contributed by atoms with E-state index >= 15 is 0 Å². The van der Waals surface area contributed by atoms with Crippen LogP contribution in [0.1, 0.15) is 56.3 Å². The first-order valence-corrected chi connectivity index (χ1v) is 13.0. The van der Waals surface area contributed by atoms with Crippen molar-refractivity contribution in [2.24, 2.45) is 17.8 Å². The van der Waals surface area contributed by atoms with E-state index in [-0.39, 0.29) is 29.7 Å². The molecule has 2 fully saturated rings. The summed E-state index contributed by atoms with van der Waals surface area (Å²) in [6, 6.07) is 5.66. The molecule has 2 amide bonds. The predicted molar refractivity (Wildman–Crippen MR) is 136 cm³/mol. The number of rotatable bonds is 14. The third kappa shape index (κ3) is 8.39. The molecule has 8 nitrogen and oxygen atoms in total. The van der Waals surface area contributed by atoms with Crippen molar-refractivity contribution < 1.29 is 23.8 Å². The van der Waals surface area contributed by atoms with Gasteiger partial charge in [-0.3, -0.25) is 9.59 Å². The minimum absolute atomic E-state index is 0.0143. The molecule has 1 aromatic carbocycles. The Balaban J connectivity index is 1.62. The fraction of sp³-hybridized carbons (Fsp3) is 0.704. The highest BCUT2D eigenvalue weighted by Gasteiger charge is 2.36. The smallest absolute Gasteiger partial charge is 0.254 e. The van der Waals surface area contributed by atoms with Crippen LogP contribution < -0.4 is 20.1 Å². The highest BCUT2D eigenvalue weighted by atomic mass is 16.5. The lowest BCUT2D eigenvalue weighted by Gasteiger charge is -2.33. The zero-order valence-corrected chi connectivity index (χ0v) is 21.8. The van der Waals surface area contributed by atoms with E-state index in [4.69, 9.17) is 14.2 Å². The largest absolute Gasteiger partial charge is 0.493 e. The van der Waals surface area contributed by atoms with Crippen LogP contribution in [0.4, 0.5) is 0 Å². The van der Waals surface area contributed by atoms with Crippen LogP contribution >= 0.6 is 0 Å². The van der Waals surface area contributed by atoms with Gasteiger partial charge in [-0.15, -0.1) is 0 Å². The summed E-state index contributed by atoms with van der Waals surface area (Å²) in [6.45, 7) is 8.32. The summed E-state index contributed by atoms with van der Waals surface area (Å²) in [6.07, 6.45) is 4.60. The van der Waals surface area contributed by atoms with Crippen molar-refractivity contribution in [1.29, 1.82) is 0 Å². The van der Waals surface area contributed by atoms with E-state index in [2.05, 4.69) is 24.5 Å². The fourth-order valence-corrected chi connectivity index (χ4v) is 4.53. The molecule has 2 atom stereocenters. The van der Waals surface area contributed by atoms with Gasteiger partial charge in [-0.05, 0) is 62.3 Å². The molecule has 1 saturated carbocycles. The van der Waals surface area contributed by atoms with E-state index in [9.17, 15) is 9.59 Å². The Morgan fingerprint density at radius 3 is 2.63 bits per heavy atom. The van der Waals surface area contributed by atoms with Crippen molar-refractivity contribution in [3.05, 3.63) is 23.8 Å². The number of nitrogens with one attached hydrogen (secondary N) is 2. The van der Waals surface area contributed by atoms with Gasteiger partial charge >= 0.3 is 0 Å². The predicted octanol–water partition coefficient (Wildman–Crippen LogP) is 3.10. The standard InChI is InChI=1S/C27H43N3O5/c1-19(2)10-11-29-26(31)22-14-20(16-28-17-22)18-30(23-7-8-23)27(32)21-6-9-24(34-4)25(15-21)35-13-5-12-33-3/h6,9,15,19-20,22-23,28H,5,7-8,10-14,16-18H2,1-4H3,(H,29,31)/t20-,22-/m0/s1. The summed E-state index contributed by atoms with van der Waals surface area (Å²) < 4.78 is 16.4. The minimum Gasteiger partial charge on any atom is -0.493 e. The van der Waals surface area contributed by atoms with E-state index in [0.29, 0.717) is 49.3 Å². The van der Waals surface area contributed by atoms with Crippen molar-refractivity contribution in [2.75, 3.05) is 53.6 Å². The van der Waals surface area contributed by atoms with Crippen LogP contribution in [0.25, 0.3) is 0 Å². The SMILES string of the molecule is COCCCOc1cc(C(=O)N(C[C@@H]2CNC[C@@H](C(=O)NCCC(C)C)C2)C2CC2)ccc1OC. The van der Waals surface area contributed by atoms with Gasteiger partial charge in [-0.1, -0.05) is 13.8 Å². The van der Waals surface area contributed by atoms with Gasteiger partial charge in [0.1, 0.15) is 0 Å². The highest BCUT2D eigenvalue weighted by Crippen LogP contribution is 2.33. The third-order valence-corrected chi connectivity index (χ3v) is 6.70. The van der Waals surface area contributed by atoms with Gasteiger partial charge in [0.05, 0.1) is 19.6 Å². The Bertz CT molecular complexity index is 827. The molecule has 0 radical (unpaired) electrons. The lowest BCUT2D eigenvalue weighted by molar-refractivity contribution is -0.126. The van der Waals surface area contributed by atoms with E-state index in [1.807, 2.05) is 11.0 Å². The lowest BCUT2D eigenvalue weighted by atomic mass is 9.89. The topological polar surface area (TPSA) is 89.1 Å². The highest BCUT2D eigenvalue weighted by molar-refractivity contribution is 5.95. The molecular formula is C27H43N3O5.